The SMILES string of the molecule is C=C1CO[PH](=O)OC1. The van der Waals surface area contributed by atoms with Crippen molar-refractivity contribution in [2.75, 3.05) is 13.2 Å². The van der Waals surface area contributed by atoms with Crippen LogP contribution in [0.5, 0.6) is 0 Å². The topological polar surface area (TPSA) is 35.5 Å². The van der Waals surface area contributed by atoms with Gasteiger partial charge in [0.15, 0.2) is 0 Å². The average Bonchev–Trinajstić information content (AvgIpc) is 1.77. The van der Waals surface area contributed by atoms with Gasteiger partial charge in [-0.2, -0.15) is 0 Å². The maximum absolute atomic E-state index is 10.3. The Morgan fingerprint density at radius 2 is 2.00 bits per heavy atom. The van der Waals surface area contributed by atoms with E-state index in [-0.39, 0.29) is 0 Å². The Morgan fingerprint density at radius 1 is 1.50 bits per heavy atom. The Balaban J connectivity index is 2.40. The molecule has 0 aromatic heterocycles. The smallest absolute Gasteiger partial charge is 0.306 e. The largest absolute Gasteiger partial charge is 0.319 e. The van der Waals surface area contributed by atoms with Crippen molar-refractivity contribution in [1.82, 2.24) is 0 Å². The van der Waals surface area contributed by atoms with Crippen molar-refractivity contribution in [3.63, 3.8) is 0 Å². The minimum atomic E-state index is -2.14. The van der Waals surface area contributed by atoms with E-state index in [4.69, 9.17) is 0 Å². The van der Waals surface area contributed by atoms with E-state index in [9.17, 15) is 4.57 Å². The van der Waals surface area contributed by atoms with Gasteiger partial charge >= 0.3 is 8.25 Å². The zero-order valence-electron chi connectivity index (χ0n) is 4.35. The van der Waals surface area contributed by atoms with Crippen LogP contribution >= 0.6 is 8.25 Å². The van der Waals surface area contributed by atoms with Crippen LogP contribution in [0.15, 0.2) is 12.2 Å². The van der Waals surface area contributed by atoms with Gasteiger partial charge in [-0.1, -0.05) is 6.58 Å². The Hall–Kier alpha value is -0.110. The molecule has 0 atom stereocenters. The summed E-state index contributed by atoms with van der Waals surface area (Å²) in [6.07, 6.45) is 0. The van der Waals surface area contributed by atoms with E-state index < -0.39 is 8.25 Å². The summed E-state index contributed by atoms with van der Waals surface area (Å²) < 4.78 is 19.5. The van der Waals surface area contributed by atoms with Gasteiger partial charge in [-0.3, -0.25) is 4.57 Å². The van der Waals surface area contributed by atoms with Crippen LogP contribution in [-0.2, 0) is 13.6 Å². The lowest BCUT2D eigenvalue weighted by Gasteiger charge is -2.12. The summed E-state index contributed by atoms with van der Waals surface area (Å²) in [6.45, 7) is 4.35. The first kappa shape index (κ1) is 6.02. The molecule has 0 unspecified atom stereocenters. The predicted molar refractivity (Wildman–Crippen MR) is 30.0 cm³/mol. The van der Waals surface area contributed by atoms with Gasteiger partial charge in [-0.15, -0.1) is 0 Å². The van der Waals surface area contributed by atoms with Crippen molar-refractivity contribution >= 4 is 8.25 Å². The van der Waals surface area contributed by atoms with Crippen LogP contribution in [0.25, 0.3) is 0 Å². The molecule has 0 aliphatic carbocycles. The van der Waals surface area contributed by atoms with Crippen molar-refractivity contribution in [1.29, 1.82) is 0 Å². The van der Waals surface area contributed by atoms with Crippen LogP contribution in [-0.4, -0.2) is 13.2 Å². The van der Waals surface area contributed by atoms with Crippen LogP contribution in [0, 0.1) is 0 Å². The fourth-order valence-electron chi connectivity index (χ4n) is 0.405. The highest BCUT2D eigenvalue weighted by Crippen LogP contribution is 2.29. The number of hydrogen-bond donors (Lipinski definition) is 0. The fourth-order valence-corrected chi connectivity index (χ4v) is 1.13. The van der Waals surface area contributed by atoms with Gasteiger partial charge < -0.3 is 9.05 Å². The van der Waals surface area contributed by atoms with E-state index in [2.05, 4.69) is 15.6 Å². The molecule has 0 saturated carbocycles. The molecule has 0 aromatic carbocycles. The highest BCUT2D eigenvalue weighted by molar-refractivity contribution is 7.33. The van der Waals surface area contributed by atoms with Gasteiger partial charge in [0.05, 0.1) is 13.2 Å². The van der Waals surface area contributed by atoms with Gasteiger partial charge in [-0.05, 0) is 5.57 Å². The maximum Gasteiger partial charge on any atom is 0.319 e. The molecular weight excluding hydrogens is 127 g/mol. The molecule has 0 aromatic rings. The van der Waals surface area contributed by atoms with Crippen molar-refractivity contribution in [3.05, 3.63) is 12.2 Å². The van der Waals surface area contributed by atoms with Gasteiger partial charge in [0.2, 0.25) is 0 Å². The average molecular weight is 134 g/mol. The molecule has 1 heterocycles. The lowest BCUT2D eigenvalue weighted by Crippen LogP contribution is -2.04. The van der Waals surface area contributed by atoms with Crippen molar-refractivity contribution in [3.8, 4) is 0 Å². The highest BCUT2D eigenvalue weighted by atomic mass is 31.1. The van der Waals surface area contributed by atoms with E-state index >= 15 is 0 Å². The van der Waals surface area contributed by atoms with Crippen molar-refractivity contribution < 1.29 is 13.6 Å². The third kappa shape index (κ3) is 1.44. The predicted octanol–water partition coefficient (Wildman–Crippen LogP) is 0.979. The Labute approximate surface area is 48.2 Å². The van der Waals surface area contributed by atoms with Crippen LogP contribution in [0.4, 0.5) is 0 Å². The molecule has 0 bridgehead atoms. The zero-order chi connectivity index (χ0) is 5.98. The van der Waals surface area contributed by atoms with E-state index in [1.165, 1.54) is 0 Å². The molecule has 1 aliphatic rings. The molecular formula is C4H7O3P. The first-order chi connectivity index (χ1) is 3.79. The van der Waals surface area contributed by atoms with E-state index in [0.717, 1.165) is 5.57 Å². The molecule has 1 saturated heterocycles. The standard InChI is InChI=1S/C4H7O3P/c1-4-2-6-8(5)7-3-4/h8H,1-3H2. The third-order valence-corrected chi connectivity index (χ3v) is 1.55. The molecule has 1 rings (SSSR count). The number of rotatable bonds is 0. The summed E-state index contributed by atoms with van der Waals surface area (Å²) in [6, 6.07) is 0. The minimum Gasteiger partial charge on any atom is -0.306 e. The molecule has 3 nitrogen and oxygen atoms in total. The first-order valence-electron chi connectivity index (χ1n) is 2.25. The van der Waals surface area contributed by atoms with Crippen LogP contribution in [0.3, 0.4) is 0 Å². The van der Waals surface area contributed by atoms with Crippen LogP contribution < -0.4 is 0 Å². The molecule has 1 fully saturated rings. The molecule has 0 amide bonds. The maximum atomic E-state index is 10.3. The molecule has 46 valence electrons. The molecule has 0 radical (unpaired) electrons. The molecule has 0 N–H and O–H groups in total. The van der Waals surface area contributed by atoms with Gasteiger partial charge in [0.25, 0.3) is 0 Å². The summed E-state index contributed by atoms with van der Waals surface area (Å²) in [5.41, 5.74) is 0.842. The summed E-state index contributed by atoms with van der Waals surface area (Å²) in [5.74, 6) is 0. The summed E-state index contributed by atoms with van der Waals surface area (Å²) in [7, 11) is -2.14. The Morgan fingerprint density at radius 3 is 2.38 bits per heavy atom. The first-order valence-corrected chi connectivity index (χ1v) is 3.48. The summed E-state index contributed by atoms with van der Waals surface area (Å²) in [5, 5.41) is 0. The van der Waals surface area contributed by atoms with E-state index in [0.29, 0.717) is 13.2 Å². The van der Waals surface area contributed by atoms with Gasteiger partial charge in [0.1, 0.15) is 0 Å². The molecule has 1 aliphatic heterocycles. The third-order valence-electron chi connectivity index (χ3n) is 0.788. The van der Waals surface area contributed by atoms with E-state index in [1.807, 2.05) is 0 Å². The minimum absolute atomic E-state index is 0.387. The second-order valence-corrected chi connectivity index (χ2v) is 2.65. The lowest BCUT2D eigenvalue weighted by molar-refractivity contribution is 0.210. The monoisotopic (exact) mass is 134 g/mol. The van der Waals surface area contributed by atoms with E-state index in [1.54, 1.807) is 0 Å². The zero-order valence-corrected chi connectivity index (χ0v) is 5.35. The summed E-state index contributed by atoms with van der Waals surface area (Å²) in [4.78, 5) is 0. The van der Waals surface area contributed by atoms with Crippen LogP contribution in [0.2, 0.25) is 0 Å². The molecule has 8 heavy (non-hydrogen) atoms. The normalized spacial score (nSPS) is 23.8. The number of hydrogen-bond acceptors (Lipinski definition) is 3. The van der Waals surface area contributed by atoms with Crippen molar-refractivity contribution in [2.45, 2.75) is 0 Å². The Bertz CT molecular complexity index is 103. The summed E-state index contributed by atoms with van der Waals surface area (Å²) >= 11 is 0. The quantitative estimate of drug-likeness (QED) is 0.366. The Kier molecular flexibility index (Phi) is 1.84. The second kappa shape index (κ2) is 2.44. The van der Waals surface area contributed by atoms with Crippen molar-refractivity contribution in [2.24, 2.45) is 0 Å². The second-order valence-electron chi connectivity index (χ2n) is 1.58. The van der Waals surface area contributed by atoms with Crippen LogP contribution in [0.1, 0.15) is 0 Å². The highest BCUT2D eigenvalue weighted by Gasteiger charge is 2.08. The lowest BCUT2D eigenvalue weighted by atomic mass is 10.4. The van der Waals surface area contributed by atoms with Gasteiger partial charge in [-0.25, -0.2) is 0 Å². The fraction of sp³-hybridized carbons (Fsp3) is 0.500. The van der Waals surface area contributed by atoms with Gasteiger partial charge in [0, 0.05) is 0 Å². The molecule has 0 spiro atoms. The molecule has 4 heteroatoms.